The molecule has 1 N–H and O–H groups in total. The molecule has 6 rings (SSSR count). The summed E-state index contributed by atoms with van der Waals surface area (Å²) in [6, 6.07) is 17.1. The molecule has 1 fully saturated rings. The van der Waals surface area contributed by atoms with Crippen LogP contribution in [0.5, 0.6) is 0 Å². The van der Waals surface area contributed by atoms with Gasteiger partial charge in [0.2, 0.25) is 0 Å². The second-order valence-corrected chi connectivity index (χ2v) is 10.3. The molecule has 5 aromatic rings. The minimum atomic E-state index is 0.854. The lowest BCUT2D eigenvalue weighted by atomic mass is 10.1. The number of likely N-dealkylation sites (N-methyl/N-ethyl adjacent to an activating group) is 1. The van der Waals surface area contributed by atoms with E-state index in [2.05, 4.69) is 87.5 Å². The molecular formula is C28H29N7S. The molecule has 36 heavy (non-hydrogen) atoms. The summed E-state index contributed by atoms with van der Waals surface area (Å²) in [5.41, 5.74) is 8.60. The van der Waals surface area contributed by atoms with Gasteiger partial charge < -0.3 is 19.7 Å². The number of thiazole rings is 1. The fourth-order valence-electron chi connectivity index (χ4n) is 4.74. The van der Waals surface area contributed by atoms with Gasteiger partial charge in [0.05, 0.1) is 16.7 Å². The van der Waals surface area contributed by atoms with Gasteiger partial charge in [0, 0.05) is 73.5 Å². The number of nitrogens with one attached hydrogen (secondary N) is 1. The second-order valence-electron chi connectivity index (χ2n) is 9.40. The van der Waals surface area contributed by atoms with Gasteiger partial charge in [-0.05, 0) is 55.9 Å². The highest BCUT2D eigenvalue weighted by atomic mass is 32.1. The maximum atomic E-state index is 5.05. The molecule has 0 unspecified atom stereocenters. The standard InChI is InChI=1S/C28H29N7S/c1-19-14-26-24(16-23(19)31-28-32-25(18-36-28)21-7-5-9-29-17-21)30-27(34(26)3)20-6-4-8-22(15-20)35-12-10-33(2)11-13-35/h4-9,14-18H,10-13H2,1-3H3,(H,31,32). The van der Waals surface area contributed by atoms with E-state index < -0.39 is 0 Å². The van der Waals surface area contributed by atoms with Crippen molar-refractivity contribution in [1.29, 1.82) is 0 Å². The summed E-state index contributed by atoms with van der Waals surface area (Å²) >= 11 is 1.59. The van der Waals surface area contributed by atoms with Crippen LogP contribution in [0.15, 0.2) is 66.3 Å². The molecule has 8 heteroatoms. The third-order valence-corrected chi connectivity index (χ3v) is 7.66. The van der Waals surface area contributed by atoms with Gasteiger partial charge in [0.25, 0.3) is 0 Å². The quantitative estimate of drug-likeness (QED) is 0.344. The number of hydrogen-bond acceptors (Lipinski definition) is 7. The summed E-state index contributed by atoms with van der Waals surface area (Å²) in [5.74, 6) is 0.977. The van der Waals surface area contributed by atoms with E-state index in [9.17, 15) is 0 Å². The van der Waals surface area contributed by atoms with Crippen molar-refractivity contribution in [3.8, 4) is 22.6 Å². The van der Waals surface area contributed by atoms with E-state index in [1.54, 1.807) is 17.5 Å². The molecule has 1 aliphatic heterocycles. The number of benzene rings is 2. The van der Waals surface area contributed by atoms with Crippen molar-refractivity contribution in [2.75, 3.05) is 43.4 Å². The SMILES string of the molecule is Cc1cc2c(cc1Nc1nc(-c3cccnc3)cs1)nc(-c1cccc(N3CCN(C)CC3)c1)n2C. The molecule has 0 atom stereocenters. The van der Waals surface area contributed by atoms with Gasteiger partial charge in [-0.25, -0.2) is 9.97 Å². The summed E-state index contributed by atoms with van der Waals surface area (Å²) < 4.78 is 2.19. The van der Waals surface area contributed by atoms with Crippen molar-refractivity contribution in [3.63, 3.8) is 0 Å². The number of aryl methyl sites for hydroxylation is 2. The lowest BCUT2D eigenvalue weighted by molar-refractivity contribution is 0.313. The van der Waals surface area contributed by atoms with Crippen molar-refractivity contribution < 1.29 is 0 Å². The van der Waals surface area contributed by atoms with Gasteiger partial charge in [0.15, 0.2) is 5.13 Å². The average Bonchev–Trinajstić information content (AvgIpc) is 3.50. The maximum Gasteiger partial charge on any atom is 0.187 e. The van der Waals surface area contributed by atoms with E-state index in [4.69, 9.17) is 9.97 Å². The Morgan fingerprint density at radius 3 is 2.56 bits per heavy atom. The monoisotopic (exact) mass is 495 g/mol. The van der Waals surface area contributed by atoms with Crippen molar-refractivity contribution in [1.82, 2.24) is 24.4 Å². The van der Waals surface area contributed by atoms with Gasteiger partial charge in [-0.1, -0.05) is 12.1 Å². The third kappa shape index (κ3) is 4.34. The van der Waals surface area contributed by atoms with Crippen LogP contribution in [0.1, 0.15) is 5.56 Å². The molecule has 0 saturated carbocycles. The Bertz CT molecular complexity index is 1510. The van der Waals surface area contributed by atoms with Crippen LogP contribution in [0, 0.1) is 6.92 Å². The molecule has 4 heterocycles. The van der Waals surface area contributed by atoms with Crippen LogP contribution < -0.4 is 10.2 Å². The smallest absolute Gasteiger partial charge is 0.187 e. The molecule has 7 nitrogen and oxygen atoms in total. The molecular weight excluding hydrogens is 466 g/mol. The van der Waals surface area contributed by atoms with Crippen molar-refractivity contribution in [2.24, 2.45) is 7.05 Å². The van der Waals surface area contributed by atoms with Crippen molar-refractivity contribution in [3.05, 3.63) is 71.9 Å². The topological polar surface area (TPSA) is 62.1 Å². The molecule has 0 spiro atoms. The summed E-state index contributed by atoms with van der Waals surface area (Å²) in [5, 5.41) is 6.41. The number of rotatable bonds is 5. The molecule has 3 aromatic heterocycles. The van der Waals surface area contributed by atoms with Gasteiger partial charge in [-0.2, -0.15) is 0 Å². The van der Waals surface area contributed by atoms with Crippen LogP contribution >= 0.6 is 11.3 Å². The lowest BCUT2D eigenvalue weighted by Gasteiger charge is -2.34. The highest BCUT2D eigenvalue weighted by molar-refractivity contribution is 7.14. The average molecular weight is 496 g/mol. The minimum Gasteiger partial charge on any atom is -0.369 e. The first-order valence-electron chi connectivity index (χ1n) is 12.2. The van der Waals surface area contributed by atoms with Crippen LogP contribution in [-0.4, -0.2) is 57.6 Å². The van der Waals surface area contributed by atoms with E-state index in [0.29, 0.717) is 0 Å². The molecule has 1 aliphatic rings. The molecule has 182 valence electrons. The number of piperazine rings is 1. The molecule has 0 aliphatic carbocycles. The number of anilines is 3. The summed E-state index contributed by atoms with van der Waals surface area (Å²) in [7, 11) is 4.28. The van der Waals surface area contributed by atoms with Crippen LogP contribution in [0.2, 0.25) is 0 Å². The normalized spacial score (nSPS) is 14.5. The number of nitrogens with zero attached hydrogens (tertiary/aromatic N) is 6. The van der Waals surface area contributed by atoms with Crippen LogP contribution in [0.3, 0.4) is 0 Å². The second kappa shape index (κ2) is 9.37. The third-order valence-electron chi connectivity index (χ3n) is 6.90. The van der Waals surface area contributed by atoms with E-state index >= 15 is 0 Å². The first-order valence-corrected chi connectivity index (χ1v) is 13.1. The highest BCUT2D eigenvalue weighted by Gasteiger charge is 2.17. The maximum absolute atomic E-state index is 5.05. The van der Waals surface area contributed by atoms with E-state index in [1.165, 1.54) is 5.69 Å². The Kier molecular flexibility index (Phi) is 5.91. The first kappa shape index (κ1) is 22.7. The zero-order valence-corrected chi connectivity index (χ0v) is 21.6. The zero-order chi connectivity index (χ0) is 24.6. The summed E-state index contributed by atoms with van der Waals surface area (Å²) in [6.45, 7) is 6.41. The van der Waals surface area contributed by atoms with Crippen molar-refractivity contribution >= 4 is 38.9 Å². The molecule has 0 bridgehead atoms. The van der Waals surface area contributed by atoms with Gasteiger partial charge in [-0.3, -0.25) is 4.98 Å². The highest BCUT2D eigenvalue weighted by Crippen LogP contribution is 2.33. The largest absolute Gasteiger partial charge is 0.369 e. The minimum absolute atomic E-state index is 0.854. The van der Waals surface area contributed by atoms with E-state index in [-0.39, 0.29) is 0 Å². The Morgan fingerprint density at radius 2 is 1.75 bits per heavy atom. The fraction of sp³-hybridized carbons (Fsp3) is 0.250. The Balaban J connectivity index is 1.29. The van der Waals surface area contributed by atoms with E-state index in [0.717, 1.165) is 76.2 Å². The fourth-order valence-corrected chi connectivity index (χ4v) is 5.47. The van der Waals surface area contributed by atoms with Crippen LogP contribution in [0.4, 0.5) is 16.5 Å². The molecule has 0 radical (unpaired) electrons. The molecule has 1 saturated heterocycles. The number of pyridine rings is 1. The summed E-state index contributed by atoms with van der Waals surface area (Å²) in [4.78, 5) is 18.9. The van der Waals surface area contributed by atoms with E-state index in [1.807, 2.05) is 18.3 Å². The van der Waals surface area contributed by atoms with Gasteiger partial charge in [-0.15, -0.1) is 11.3 Å². The summed E-state index contributed by atoms with van der Waals surface area (Å²) in [6.07, 6.45) is 3.61. The Hall–Kier alpha value is -3.75. The molecule has 0 amide bonds. The predicted octanol–water partition coefficient (Wildman–Crippen LogP) is 5.56. The first-order chi connectivity index (χ1) is 17.5. The number of fused-ring (bicyclic) bond motifs is 1. The van der Waals surface area contributed by atoms with Crippen LogP contribution in [0.25, 0.3) is 33.7 Å². The predicted molar refractivity (Wildman–Crippen MR) is 149 cm³/mol. The number of aromatic nitrogens is 4. The lowest BCUT2D eigenvalue weighted by Crippen LogP contribution is -2.44. The number of hydrogen-bond donors (Lipinski definition) is 1. The van der Waals surface area contributed by atoms with Crippen LogP contribution in [-0.2, 0) is 7.05 Å². The molecule has 2 aromatic carbocycles. The van der Waals surface area contributed by atoms with Crippen molar-refractivity contribution in [2.45, 2.75) is 6.92 Å². The Labute approximate surface area is 215 Å². The van der Waals surface area contributed by atoms with Gasteiger partial charge in [0.1, 0.15) is 5.82 Å². The zero-order valence-electron chi connectivity index (χ0n) is 20.8. The Morgan fingerprint density at radius 1 is 0.917 bits per heavy atom. The van der Waals surface area contributed by atoms with Gasteiger partial charge >= 0.3 is 0 Å². The number of imidazole rings is 1.